The Kier molecular flexibility index (Phi) is 17.9. The minimum atomic E-state index is -0.967. The predicted octanol–water partition coefficient (Wildman–Crippen LogP) is 10.6. The third-order valence-electron chi connectivity index (χ3n) is 12.8. The normalized spacial score (nSPS) is 18.6. The lowest BCUT2D eigenvalue weighted by molar-refractivity contribution is -0.133. The molecule has 0 unspecified atom stereocenters. The first-order valence-electron chi connectivity index (χ1n) is 23.7. The van der Waals surface area contributed by atoms with E-state index in [9.17, 15) is 19.2 Å². The highest BCUT2D eigenvalue weighted by molar-refractivity contribution is 9.10. The molecular weight excluding hydrogens is 876 g/mol. The summed E-state index contributed by atoms with van der Waals surface area (Å²) < 4.78 is 23.2. The summed E-state index contributed by atoms with van der Waals surface area (Å²) in [6, 6.07) is 8.16. The first-order chi connectivity index (χ1) is 30.4. The smallest absolute Gasteiger partial charge is 0.270 e. The lowest BCUT2D eigenvalue weighted by Gasteiger charge is -2.40. The first kappa shape index (κ1) is 51.1. The zero-order valence-corrected chi connectivity index (χ0v) is 42.1. The van der Waals surface area contributed by atoms with Crippen molar-refractivity contribution in [3.8, 4) is 11.5 Å². The number of hydrogen-bond acceptors (Lipinski definition) is 8. The van der Waals surface area contributed by atoms with Gasteiger partial charge in [0.15, 0.2) is 11.2 Å². The maximum Gasteiger partial charge on any atom is 0.270 e. The molecule has 0 atom stereocenters. The number of anilines is 2. The molecule has 2 aliphatic carbocycles. The standard InChI is InChI=1S/C27H40N2O4.C24H35BrN2O4/c1-7-12-20-17-24-23(28(15-11-16-32-6)26(31)27(4,5)33-24)18-22(20)25(30)29(19(2)3)21-13-9-8-10-14-21;1-16(2)27(17-10-7-6-8-11-17)22(28)18-14-20-21(15-19(18)25)31-24(3,4)23(29)26(20)12-9-13-30-5/h7,12,17-19,21H,8-11,13-16H2,1-6H3;14-17H,6-13H2,1-5H3/b12-7+;. The molecule has 0 aromatic heterocycles. The number of amides is 4. The van der Waals surface area contributed by atoms with Crippen molar-refractivity contribution < 1.29 is 38.1 Å². The van der Waals surface area contributed by atoms with E-state index in [1.54, 1.807) is 51.7 Å². The highest BCUT2D eigenvalue weighted by atomic mass is 79.9. The van der Waals surface area contributed by atoms with Gasteiger partial charge in [0.05, 0.1) is 16.9 Å². The van der Waals surface area contributed by atoms with E-state index in [1.807, 2.05) is 48.2 Å². The molecule has 2 aromatic rings. The molecule has 0 spiro atoms. The SMILES string of the molecule is C/C=C/c1cc2c(cc1C(=O)N(C(C)C)C1CCCCC1)N(CCCOC)C(=O)C(C)(C)O2.COCCCN1C(=O)C(C)(C)Oc2cc(Br)c(C(=O)N(C(C)C)C3CCCCC3)cc21. The summed E-state index contributed by atoms with van der Waals surface area (Å²) in [4.78, 5) is 61.6. The second kappa shape index (κ2) is 22.5. The summed E-state index contributed by atoms with van der Waals surface area (Å²) in [5.41, 5.74) is 1.41. The third kappa shape index (κ3) is 11.7. The quantitative estimate of drug-likeness (QED) is 0.162. The van der Waals surface area contributed by atoms with Gasteiger partial charge in [0, 0.05) is 74.7 Å². The summed E-state index contributed by atoms with van der Waals surface area (Å²) >= 11 is 3.60. The van der Waals surface area contributed by atoms with Crippen molar-refractivity contribution in [2.45, 2.75) is 175 Å². The van der Waals surface area contributed by atoms with Crippen molar-refractivity contribution in [1.82, 2.24) is 9.80 Å². The van der Waals surface area contributed by atoms with Crippen LogP contribution in [0.1, 0.15) is 166 Å². The zero-order valence-electron chi connectivity index (χ0n) is 40.5. The number of halogens is 1. The molecule has 0 bridgehead atoms. The molecule has 0 N–H and O–H groups in total. The largest absolute Gasteiger partial charge is 0.476 e. The predicted molar refractivity (Wildman–Crippen MR) is 259 cm³/mol. The fourth-order valence-electron chi connectivity index (χ4n) is 9.70. The average Bonchev–Trinajstić information content (AvgIpc) is 3.24. The minimum absolute atomic E-state index is 0.00528. The van der Waals surface area contributed by atoms with Gasteiger partial charge in [0.1, 0.15) is 11.5 Å². The Morgan fingerprint density at radius 1 is 0.703 bits per heavy atom. The van der Waals surface area contributed by atoms with Crippen LogP contribution in [0.4, 0.5) is 11.4 Å². The monoisotopic (exact) mass is 950 g/mol. The van der Waals surface area contributed by atoms with Crippen LogP contribution in [0.2, 0.25) is 0 Å². The molecule has 2 aliphatic heterocycles. The summed E-state index contributed by atoms with van der Waals surface area (Å²) in [5.74, 6) is 1.07. The van der Waals surface area contributed by atoms with Gasteiger partial charge in [-0.05, 0) is 147 Å². The van der Waals surface area contributed by atoms with Crippen LogP contribution in [0.15, 0.2) is 34.8 Å². The number of rotatable bonds is 15. The topological polar surface area (TPSA) is 118 Å². The van der Waals surface area contributed by atoms with Gasteiger partial charge in [-0.1, -0.05) is 50.7 Å². The van der Waals surface area contributed by atoms with Crippen LogP contribution in [0.25, 0.3) is 6.08 Å². The molecule has 2 fully saturated rings. The van der Waals surface area contributed by atoms with Gasteiger partial charge in [-0.3, -0.25) is 19.2 Å². The van der Waals surface area contributed by atoms with Gasteiger partial charge in [-0.25, -0.2) is 0 Å². The van der Waals surface area contributed by atoms with E-state index in [0.717, 1.165) is 56.9 Å². The summed E-state index contributed by atoms with van der Waals surface area (Å²) in [7, 11) is 3.31. The van der Waals surface area contributed by atoms with Crippen molar-refractivity contribution in [3.63, 3.8) is 0 Å². The Balaban J connectivity index is 0.000000241. The average molecular weight is 952 g/mol. The number of methoxy groups -OCH3 is 2. The van der Waals surface area contributed by atoms with E-state index >= 15 is 0 Å². The van der Waals surface area contributed by atoms with Gasteiger partial charge in [0.2, 0.25) is 0 Å². The highest BCUT2D eigenvalue weighted by Gasteiger charge is 2.43. The number of carbonyl (C=O) groups is 4. The highest BCUT2D eigenvalue weighted by Crippen LogP contribution is 2.43. The van der Waals surface area contributed by atoms with Gasteiger partial charge < -0.3 is 38.5 Å². The lowest BCUT2D eigenvalue weighted by atomic mass is 9.92. The third-order valence-corrected chi connectivity index (χ3v) is 13.5. The molecule has 4 amide bonds. The summed E-state index contributed by atoms with van der Waals surface area (Å²) in [5, 5.41) is 0. The molecule has 4 aliphatic rings. The molecule has 2 saturated carbocycles. The Morgan fingerprint density at radius 2 is 1.11 bits per heavy atom. The van der Waals surface area contributed by atoms with E-state index in [1.165, 1.54) is 12.8 Å². The Bertz CT molecular complexity index is 1980. The van der Waals surface area contributed by atoms with Crippen LogP contribution in [0.5, 0.6) is 11.5 Å². The van der Waals surface area contributed by atoms with Gasteiger partial charge in [0.25, 0.3) is 23.6 Å². The number of benzene rings is 2. The Hall–Kier alpha value is -3.94. The molecule has 12 nitrogen and oxygen atoms in total. The minimum Gasteiger partial charge on any atom is -0.476 e. The maximum atomic E-state index is 14.0. The maximum absolute atomic E-state index is 14.0. The number of hydrogen-bond donors (Lipinski definition) is 0. The van der Waals surface area contributed by atoms with E-state index in [-0.39, 0.29) is 47.8 Å². The van der Waals surface area contributed by atoms with E-state index in [4.69, 9.17) is 18.9 Å². The van der Waals surface area contributed by atoms with E-state index < -0.39 is 11.2 Å². The summed E-state index contributed by atoms with van der Waals surface area (Å²) in [6.07, 6.45) is 16.6. The number of allylic oxidation sites excluding steroid dienone is 1. The van der Waals surface area contributed by atoms with E-state index in [0.29, 0.717) is 77.6 Å². The van der Waals surface area contributed by atoms with E-state index in [2.05, 4.69) is 48.5 Å². The molecule has 6 rings (SSSR count). The van der Waals surface area contributed by atoms with Crippen LogP contribution in [-0.2, 0) is 19.1 Å². The van der Waals surface area contributed by atoms with Crippen molar-refractivity contribution in [2.75, 3.05) is 50.3 Å². The lowest BCUT2D eigenvalue weighted by Crippen LogP contribution is -2.53. The second-order valence-electron chi connectivity index (χ2n) is 19.2. The molecular formula is C51H75BrN4O8. The van der Waals surface area contributed by atoms with Crippen LogP contribution in [0, 0.1) is 0 Å². The van der Waals surface area contributed by atoms with Crippen molar-refractivity contribution in [1.29, 1.82) is 0 Å². The molecule has 13 heteroatoms. The van der Waals surface area contributed by atoms with Gasteiger partial charge >= 0.3 is 0 Å². The molecule has 2 heterocycles. The van der Waals surface area contributed by atoms with Gasteiger partial charge in [-0.15, -0.1) is 0 Å². The van der Waals surface area contributed by atoms with Crippen molar-refractivity contribution in [2.24, 2.45) is 0 Å². The zero-order chi connectivity index (χ0) is 46.9. The van der Waals surface area contributed by atoms with Crippen LogP contribution < -0.4 is 19.3 Å². The van der Waals surface area contributed by atoms with Gasteiger partial charge in [-0.2, -0.15) is 0 Å². The molecule has 2 aromatic carbocycles. The molecule has 64 heavy (non-hydrogen) atoms. The fourth-order valence-corrected chi connectivity index (χ4v) is 10.2. The Labute approximate surface area is 391 Å². The molecule has 0 radical (unpaired) electrons. The van der Waals surface area contributed by atoms with Crippen LogP contribution in [0.3, 0.4) is 0 Å². The molecule has 0 saturated heterocycles. The second-order valence-corrected chi connectivity index (χ2v) is 20.1. The van der Waals surface area contributed by atoms with Crippen molar-refractivity contribution in [3.05, 3.63) is 51.5 Å². The first-order valence-corrected chi connectivity index (χ1v) is 24.5. The number of ether oxygens (including phenoxy) is 4. The fraction of sp³-hybridized carbons (Fsp3) is 0.647. The number of carbonyl (C=O) groups excluding carboxylic acids is 4. The van der Waals surface area contributed by atoms with Crippen LogP contribution in [-0.4, -0.2) is 109 Å². The number of nitrogens with zero attached hydrogens (tertiary/aromatic N) is 4. The summed E-state index contributed by atoms with van der Waals surface area (Å²) in [6.45, 7) is 19.6. The number of fused-ring (bicyclic) bond motifs is 2. The van der Waals surface area contributed by atoms with Crippen molar-refractivity contribution >= 4 is 57.0 Å². The Morgan fingerprint density at radius 3 is 1.52 bits per heavy atom. The van der Waals surface area contributed by atoms with Crippen LogP contribution >= 0.6 is 15.9 Å². The molecule has 354 valence electrons.